The normalized spacial score (nSPS) is 15.7. The second-order valence-electron chi connectivity index (χ2n) is 8.35. The van der Waals surface area contributed by atoms with E-state index in [9.17, 15) is 24.4 Å². The van der Waals surface area contributed by atoms with Crippen LogP contribution in [0.15, 0.2) is 55.6 Å². The summed E-state index contributed by atoms with van der Waals surface area (Å²) in [6.07, 6.45) is 1.55. The second kappa shape index (κ2) is 9.27. The van der Waals surface area contributed by atoms with E-state index < -0.39 is 22.5 Å². The van der Waals surface area contributed by atoms with Crippen molar-refractivity contribution in [2.45, 2.75) is 25.4 Å². The van der Waals surface area contributed by atoms with E-state index in [-0.39, 0.29) is 12.6 Å². The number of H-pyrrole nitrogens is 1. The monoisotopic (exact) mass is 463 g/mol. The third-order valence-corrected chi connectivity index (χ3v) is 6.09. The van der Waals surface area contributed by atoms with Gasteiger partial charge in [0.15, 0.2) is 0 Å². The maximum absolute atomic E-state index is 13.1. The Morgan fingerprint density at radius 3 is 2.56 bits per heavy atom. The number of rotatable bonds is 5. The molecule has 34 heavy (non-hydrogen) atoms. The van der Waals surface area contributed by atoms with Crippen molar-refractivity contribution in [2.75, 3.05) is 23.3 Å². The van der Waals surface area contributed by atoms with Crippen molar-refractivity contribution in [1.29, 1.82) is 5.26 Å². The van der Waals surface area contributed by atoms with Gasteiger partial charge in [0.05, 0.1) is 18.2 Å². The molecule has 11 heteroatoms. The average Bonchev–Trinajstić information content (AvgIpc) is 2.83. The van der Waals surface area contributed by atoms with E-state index in [1.165, 1.54) is 30.8 Å². The number of piperidine rings is 1. The Morgan fingerprint density at radius 2 is 1.82 bits per heavy atom. The number of nitriles is 1. The van der Waals surface area contributed by atoms with Crippen LogP contribution in [0, 0.1) is 11.3 Å². The zero-order valence-corrected chi connectivity index (χ0v) is 18.9. The Balaban J connectivity index is 1.67. The summed E-state index contributed by atoms with van der Waals surface area (Å²) >= 11 is 0. The van der Waals surface area contributed by atoms with Crippen molar-refractivity contribution in [3.8, 4) is 6.07 Å². The molecule has 176 valence electrons. The predicted molar refractivity (Wildman–Crippen MR) is 127 cm³/mol. The Morgan fingerprint density at radius 1 is 1.09 bits per heavy atom. The minimum Gasteiger partial charge on any atom is -0.367 e. The van der Waals surface area contributed by atoms with Gasteiger partial charge in [-0.1, -0.05) is 18.2 Å². The van der Waals surface area contributed by atoms with Gasteiger partial charge >= 0.3 is 11.4 Å². The third kappa shape index (κ3) is 4.43. The van der Waals surface area contributed by atoms with Crippen LogP contribution < -0.4 is 32.7 Å². The molecule has 1 aliphatic heterocycles. The number of hydrogen-bond donors (Lipinski definition) is 2. The first-order valence-corrected chi connectivity index (χ1v) is 10.9. The van der Waals surface area contributed by atoms with Crippen LogP contribution in [0.2, 0.25) is 0 Å². The number of aromatic nitrogens is 4. The first-order chi connectivity index (χ1) is 16.3. The highest BCUT2D eigenvalue weighted by Gasteiger charge is 2.24. The van der Waals surface area contributed by atoms with E-state index in [0.29, 0.717) is 35.9 Å². The van der Waals surface area contributed by atoms with Gasteiger partial charge in [-0.3, -0.25) is 28.3 Å². The summed E-state index contributed by atoms with van der Waals surface area (Å²) in [6, 6.07) is 11.8. The minimum absolute atomic E-state index is 0.129. The Hall–Kier alpha value is -4.33. The van der Waals surface area contributed by atoms with Crippen LogP contribution in [-0.4, -0.2) is 37.8 Å². The highest BCUT2D eigenvalue weighted by molar-refractivity contribution is 5.44. The van der Waals surface area contributed by atoms with Crippen molar-refractivity contribution < 1.29 is 0 Å². The van der Waals surface area contributed by atoms with Gasteiger partial charge in [-0.2, -0.15) is 5.26 Å². The van der Waals surface area contributed by atoms with Crippen molar-refractivity contribution in [1.82, 2.24) is 18.7 Å². The molecule has 4 rings (SSSR count). The van der Waals surface area contributed by atoms with Gasteiger partial charge in [-0.25, -0.2) is 9.59 Å². The summed E-state index contributed by atoms with van der Waals surface area (Å²) < 4.78 is 3.53. The lowest BCUT2D eigenvalue weighted by atomic mass is 10.1. The van der Waals surface area contributed by atoms with Gasteiger partial charge in [0, 0.05) is 45.4 Å². The summed E-state index contributed by atoms with van der Waals surface area (Å²) in [5.74, 6) is 0.786. The van der Waals surface area contributed by atoms with Crippen molar-refractivity contribution in [3.63, 3.8) is 0 Å². The van der Waals surface area contributed by atoms with Crippen LogP contribution >= 0.6 is 0 Å². The molecular weight excluding hydrogens is 438 g/mol. The molecule has 3 aromatic rings. The molecule has 0 unspecified atom stereocenters. The molecule has 2 aromatic heterocycles. The van der Waals surface area contributed by atoms with E-state index in [1.807, 2.05) is 4.90 Å². The van der Waals surface area contributed by atoms with E-state index >= 15 is 0 Å². The number of benzene rings is 1. The van der Waals surface area contributed by atoms with Crippen molar-refractivity contribution in [3.05, 3.63) is 89.2 Å². The molecule has 0 spiro atoms. The molecule has 0 aliphatic carbocycles. The highest BCUT2D eigenvalue weighted by Crippen LogP contribution is 2.21. The van der Waals surface area contributed by atoms with Gasteiger partial charge in [-0.05, 0) is 24.5 Å². The van der Waals surface area contributed by atoms with Crippen molar-refractivity contribution in [2.24, 2.45) is 14.1 Å². The molecule has 0 saturated carbocycles. The predicted octanol–water partition coefficient (Wildman–Crippen LogP) is -0.0651. The number of anilines is 2. The smallest absolute Gasteiger partial charge is 0.332 e. The van der Waals surface area contributed by atoms with Gasteiger partial charge < -0.3 is 10.2 Å². The molecule has 1 fully saturated rings. The fraction of sp³-hybridized carbons (Fsp3) is 0.348. The first kappa shape index (κ1) is 22.8. The second-order valence-corrected chi connectivity index (χ2v) is 8.35. The lowest BCUT2D eigenvalue weighted by molar-refractivity contribution is 0.510. The zero-order chi connectivity index (χ0) is 24.4. The van der Waals surface area contributed by atoms with E-state index in [1.54, 1.807) is 24.3 Å². The molecule has 1 saturated heterocycles. The van der Waals surface area contributed by atoms with Gasteiger partial charge in [0.25, 0.3) is 11.1 Å². The maximum atomic E-state index is 13.1. The van der Waals surface area contributed by atoms with Crippen molar-refractivity contribution >= 4 is 11.6 Å². The molecule has 0 radical (unpaired) electrons. The quantitative estimate of drug-likeness (QED) is 0.540. The summed E-state index contributed by atoms with van der Waals surface area (Å²) in [7, 11) is 2.82. The number of nitrogens with one attached hydrogen (secondary N) is 2. The molecule has 1 aliphatic rings. The maximum Gasteiger partial charge on any atom is 0.332 e. The van der Waals surface area contributed by atoms with Gasteiger partial charge in [0.1, 0.15) is 11.6 Å². The van der Waals surface area contributed by atoms with E-state index in [4.69, 9.17) is 0 Å². The number of hydrogen-bond acceptors (Lipinski definition) is 7. The largest absolute Gasteiger partial charge is 0.367 e. The SMILES string of the molecule is Cn1c(=O)cc(N[C@@H]2CCCN(c3cc(=O)n(C)c(=O)n3Cc3ccccc3C#N)C2)[nH]c1=O. The summed E-state index contributed by atoms with van der Waals surface area (Å²) in [4.78, 5) is 54.0. The standard InChI is InChI=1S/C23H25N7O4/c1-27-20(31)10-18(26-22(27)33)25-17-8-5-9-29(14-17)19-11-21(32)28(2)23(34)30(19)13-16-7-4-3-6-15(16)12-24/h3-4,6-7,10-11,17,25H,5,8-9,13-14H2,1-2H3,(H,26,33)/t17-/m1/s1. The Kier molecular flexibility index (Phi) is 6.23. The molecule has 1 aromatic carbocycles. The van der Waals surface area contributed by atoms with Gasteiger partial charge in [0.2, 0.25) is 0 Å². The summed E-state index contributed by atoms with van der Waals surface area (Å²) in [5.41, 5.74) is -0.690. The van der Waals surface area contributed by atoms with Crippen LogP contribution in [0.3, 0.4) is 0 Å². The topological polar surface area (TPSA) is 138 Å². The van der Waals surface area contributed by atoms with Crippen LogP contribution in [0.5, 0.6) is 0 Å². The Labute approximate surface area is 194 Å². The van der Waals surface area contributed by atoms with Crippen LogP contribution in [-0.2, 0) is 20.6 Å². The molecule has 3 heterocycles. The molecule has 11 nitrogen and oxygen atoms in total. The lowest BCUT2D eigenvalue weighted by Crippen LogP contribution is -2.47. The highest BCUT2D eigenvalue weighted by atomic mass is 16.2. The fourth-order valence-corrected chi connectivity index (χ4v) is 4.16. The van der Waals surface area contributed by atoms with E-state index in [0.717, 1.165) is 22.0 Å². The minimum atomic E-state index is -0.515. The summed E-state index contributed by atoms with van der Waals surface area (Å²) in [5, 5.41) is 12.6. The molecule has 1 atom stereocenters. The van der Waals surface area contributed by atoms with Crippen LogP contribution in [0.1, 0.15) is 24.0 Å². The molecule has 0 bridgehead atoms. The van der Waals surface area contributed by atoms with Crippen LogP contribution in [0.4, 0.5) is 11.6 Å². The molecular formula is C23H25N7O4. The average molecular weight is 463 g/mol. The third-order valence-electron chi connectivity index (χ3n) is 6.09. The number of aromatic amines is 1. The van der Waals surface area contributed by atoms with E-state index in [2.05, 4.69) is 16.4 Å². The molecule has 2 N–H and O–H groups in total. The summed E-state index contributed by atoms with van der Waals surface area (Å²) in [6.45, 7) is 1.21. The first-order valence-electron chi connectivity index (χ1n) is 10.9. The van der Waals surface area contributed by atoms with Gasteiger partial charge in [-0.15, -0.1) is 0 Å². The van der Waals surface area contributed by atoms with Crippen LogP contribution in [0.25, 0.3) is 0 Å². The fourth-order valence-electron chi connectivity index (χ4n) is 4.16. The zero-order valence-electron chi connectivity index (χ0n) is 18.9. The Bertz CT molecular complexity index is 1470. The lowest BCUT2D eigenvalue weighted by Gasteiger charge is -2.36. The molecule has 0 amide bonds. The number of nitrogens with zero attached hydrogens (tertiary/aromatic N) is 5.